The first-order valence-corrected chi connectivity index (χ1v) is 14.1. The molecule has 4 nitrogen and oxygen atoms in total. The molecule has 0 saturated heterocycles. The van der Waals surface area contributed by atoms with Gasteiger partial charge in [-0.2, -0.15) is 0 Å². The maximum absolute atomic E-state index is 12.8. The van der Waals surface area contributed by atoms with Crippen LogP contribution in [-0.4, -0.2) is 8.42 Å². The number of nitrogens with zero attached hydrogens (tertiary/aromatic N) is 1. The van der Waals surface area contributed by atoms with E-state index in [-0.39, 0.29) is 4.90 Å². The maximum atomic E-state index is 12.8. The Morgan fingerprint density at radius 3 is 1.50 bits per heavy atom. The standard InChI is InChI=1S/C21H20N2O2S.C6H6.ClH.Ru/c1-16-12-14-19(15-13-16)26(24,25)23-21(18-10-6-3-7-11-18)20(22)17-8-4-2-5-9-17;1-2-4-6-5-3-1;;/h2-15,20-22H,1H3;1-6H;1H;/q-2;;;+3/p-1/t20-,21-;;;/m0.../s1. The molecule has 1 N–H and O–H groups in total. The van der Waals surface area contributed by atoms with Gasteiger partial charge in [0.25, 0.3) is 0 Å². The number of aryl methyl sites for hydroxylation is 1. The Labute approximate surface area is 217 Å². The van der Waals surface area contributed by atoms with Gasteiger partial charge in [-0.15, -0.1) is 12.1 Å². The van der Waals surface area contributed by atoms with Crippen molar-refractivity contribution in [3.63, 3.8) is 0 Å². The molecule has 0 radical (unpaired) electrons. The summed E-state index contributed by atoms with van der Waals surface area (Å²) in [5.41, 5.74) is 11.0. The third-order valence-corrected chi connectivity index (χ3v) is 6.23. The molecule has 0 aliphatic rings. The number of nitrogens with one attached hydrogen (secondary N) is 1. The fraction of sp³-hybridized carbons (Fsp3) is 0.111. The molecule has 0 fully saturated rings. The largest absolute Gasteiger partial charge is 0.0623 e. The summed E-state index contributed by atoms with van der Waals surface area (Å²) in [5, 5.41) is 0. The van der Waals surface area contributed by atoms with Crippen molar-refractivity contribution in [2.24, 2.45) is 0 Å². The Morgan fingerprint density at radius 1 is 0.676 bits per heavy atom. The second-order valence-electron chi connectivity index (χ2n) is 7.29. The number of benzene rings is 4. The summed E-state index contributed by atoms with van der Waals surface area (Å²) in [4.78, 5) is 0.143. The van der Waals surface area contributed by atoms with E-state index in [0.717, 1.165) is 11.1 Å². The minimum atomic E-state index is -3.87. The molecule has 0 unspecified atom stereocenters. The van der Waals surface area contributed by atoms with Crippen LogP contribution in [-0.2, 0) is 27.3 Å². The van der Waals surface area contributed by atoms with Crippen LogP contribution < -0.4 is 0 Å². The minimum absolute atomic E-state index is 0.143. The van der Waals surface area contributed by atoms with E-state index < -0.39 is 22.1 Å². The van der Waals surface area contributed by atoms with Crippen LogP contribution in [0, 0.1) is 6.92 Å². The summed E-state index contributed by atoms with van der Waals surface area (Å²) in [7, 11) is 0.696. The van der Waals surface area contributed by atoms with Gasteiger partial charge in [-0.3, -0.25) is 0 Å². The molecule has 0 heterocycles. The first-order valence-electron chi connectivity index (χ1n) is 10.5. The Hall–Kier alpha value is -2.34. The van der Waals surface area contributed by atoms with Crippen LogP contribution in [0.3, 0.4) is 0 Å². The van der Waals surface area contributed by atoms with E-state index in [0.29, 0.717) is 5.56 Å². The van der Waals surface area contributed by atoms with Crippen molar-refractivity contribution in [1.29, 1.82) is 0 Å². The van der Waals surface area contributed by atoms with Crippen molar-refractivity contribution >= 4 is 19.7 Å². The van der Waals surface area contributed by atoms with E-state index >= 15 is 0 Å². The Morgan fingerprint density at radius 2 is 1.06 bits per heavy atom. The zero-order chi connectivity index (χ0) is 24.8. The third-order valence-electron chi connectivity index (χ3n) is 4.85. The summed E-state index contributed by atoms with van der Waals surface area (Å²) in [6.07, 6.45) is 0. The number of hydrogen-bond donors (Lipinski definition) is 0. The zero-order valence-electron chi connectivity index (χ0n) is 18.6. The summed E-state index contributed by atoms with van der Waals surface area (Å²) in [5.74, 6) is 0. The van der Waals surface area contributed by atoms with Crippen molar-refractivity contribution in [1.82, 2.24) is 0 Å². The average Bonchev–Trinajstić information content (AvgIpc) is 2.91. The van der Waals surface area contributed by atoms with Gasteiger partial charge in [0.2, 0.25) is 0 Å². The molecular formula is C27H26ClN2O2RuS. The summed E-state index contributed by atoms with van der Waals surface area (Å²) in [6.45, 7) is 1.90. The number of hydrogen-bond acceptors (Lipinski definition) is 2. The van der Waals surface area contributed by atoms with Gasteiger partial charge in [0.1, 0.15) is 10.0 Å². The zero-order valence-corrected chi connectivity index (χ0v) is 21.9. The molecule has 0 aliphatic heterocycles. The van der Waals surface area contributed by atoms with Gasteiger partial charge < -0.3 is 10.5 Å². The SMILES string of the molecule is Cc1ccc(S(=O)(=O)[N-][C@@H](c2ccccc2)[C@@H]([NH-])c2ccccc2)cc1.[Cl][Ru+2].c1ccccc1. The van der Waals surface area contributed by atoms with Crippen LogP contribution in [0.15, 0.2) is 126 Å². The monoisotopic (exact) mass is 579 g/mol. The van der Waals surface area contributed by atoms with Crippen LogP contribution >= 0.6 is 9.69 Å². The van der Waals surface area contributed by atoms with Gasteiger partial charge in [-0.05, 0) is 19.1 Å². The van der Waals surface area contributed by atoms with Gasteiger partial charge in [0, 0.05) is 4.90 Å². The normalized spacial score (nSPS) is 12.2. The van der Waals surface area contributed by atoms with E-state index in [9.17, 15) is 8.42 Å². The fourth-order valence-corrected chi connectivity index (χ4v) is 4.26. The maximum Gasteiger partial charge on any atom is -0.0623 e. The van der Waals surface area contributed by atoms with Gasteiger partial charge >= 0.3 is 27.0 Å². The minimum Gasteiger partial charge on any atom is -0.0623 e. The molecule has 4 aromatic carbocycles. The van der Waals surface area contributed by atoms with Gasteiger partial charge in [-0.1, -0.05) is 126 Å². The molecule has 2 atom stereocenters. The predicted molar refractivity (Wildman–Crippen MR) is 137 cm³/mol. The molecule has 0 bridgehead atoms. The first-order chi connectivity index (χ1) is 16.5. The first kappa shape index (κ1) is 27.9. The van der Waals surface area contributed by atoms with Crippen LogP contribution in [0.1, 0.15) is 28.8 Å². The molecular weight excluding hydrogens is 553 g/mol. The van der Waals surface area contributed by atoms with Crippen molar-refractivity contribution < 1.29 is 25.7 Å². The molecule has 0 amide bonds. The summed E-state index contributed by atoms with van der Waals surface area (Å²) >= 11 is 1.82. The van der Waals surface area contributed by atoms with Crippen LogP contribution in [0.5, 0.6) is 0 Å². The quantitative estimate of drug-likeness (QED) is 0.218. The van der Waals surface area contributed by atoms with Crippen molar-refractivity contribution in [3.8, 4) is 0 Å². The molecule has 7 heteroatoms. The van der Waals surface area contributed by atoms with Crippen LogP contribution in [0.2, 0.25) is 0 Å². The number of rotatable bonds is 6. The Bertz CT molecular complexity index is 1150. The van der Waals surface area contributed by atoms with E-state index in [1.165, 1.54) is 0 Å². The summed E-state index contributed by atoms with van der Waals surface area (Å²) < 4.78 is 29.8. The fourth-order valence-electron chi connectivity index (χ4n) is 3.11. The Balaban J connectivity index is 0.000000437. The summed E-state index contributed by atoms with van der Waals surface area (Å²) in [6, 6.07) is 35.3. The Kier molecular flexibility index (Phi) is 12.2. The predicted octanol–water partition coefficient (Wildman–Crippen LogP) is 7.97. The second kappa shape index (κ2) is 14.8. The van der Waals surface area contributed by atoms with Crippen LogP contribution in [0.25, 0.3) is 10.5 Å². The molecule has 34 heavy (non-hydrogen) atoms. The molecule has 4 aromatic rings. The molecule has 177 valence electrons. The molecule has 0 spiro atoms. The van der Waals surface area contributed by atoms with Gasteiger partial charge in [0.15, 0.2) is 0 Å². The second-order valence-corrected chi connectivity index (χ2v) is 8.92. The number of halogens is 1. The van der Waals surface area contributed by atoms with Gasteiger partial charge in [0.05, 0.1) is 0 Å². The smallest absolute Gasteiger partial charge is 0.0623 e. The van der Waals surface area contributed by atoms with E-state index in [2.05, 4.69) is 14.4 Å². The van der Waals surface area contributed by atoms with E-state index in [4.69, 9.17) is 5.73 Å². The molecule has 0 saturated carbocycles. The molecule has 0 aliphatic carbocycles. The third kappa shape index (κ3) is 8.79. The van der Waals surface area contributed by atoms with E-state index in [1.807, 2.05) is 121 Å². The van der Waals surface area contributed by atoms with Crippen LogP contribution in [0.4, 0.5) is 0 Å². The van der Waals surface area contributed by atoms with Crippen molar-refractivity contribution in [2.45, 2.75) is 23.9 Å². The van der Waals surface area contributed by atoms with Crippen molar-refractivity contribution in [3.05, 3.63) is 148 Å². The van der Waals surface area contributed by atoms with Crippen molar-refractivity contribution in [2.75, 3.05) is 0 Å². The molecule has 4 rings (SSSR count). The van der Waals surface area contributed by atoms with Gasteiger partial charge in [-0.25, -0.2) is 8.42 Å². The van der Waals surface area contributed by atoms with E-state index in [1.54, 1.807) is 24.3 Å². The topological polar surface area (TPSA) is 72.0 Å². The number of sulfonamides is 1. The molecule has 0 aromatic heterocycles. The average molecular weight is 579 g/mol.